The molecule has 0 radical (unpaired) electrons. The van der Waals surface area contributed by atoms with Crippen molar-refractivity contribution < 1.29 is 9.53 Å². The average molecular weight is 432 g/mol. The molecule has 3 heterocycles. The number of carbonyl (C=O) groups excluding carboxylic acids is 1. The number of nitrogens with one attached hydrogen (secondary N) is 5. The maximum absolute atomic E-state index is 13.2. The molecule has 3 aromatic rings. The largest absolute Gasteiger partial charge is 0.497 e. The first-order valence-corrected chi connectivity index (χ1v) is 10.2. The number of nitrogens with zero attached hydrogens (tertiary/aromatic N) is 3. The number of methoxy groups -OCH3 is 1. The average Bonchev–Trinajstić information content (AvgIpc) is 3.23. The standard InChI is InChI=1S/C22H24N8O2/c1-4-13(20-25-8-5-9-26-20)27-19-17(22(31)30-16(11-24-2)18(19)23)21-28-14-7-6-12(32-3)10-15(14)29-21/h5-11,13,23-24,27H,4H2,1-3H3,(H,28,29)(H,30,31)/b16-11+,23-18?. The van der Waals surface area contributed by atoms with Crippen molar-refractivity contribution in [2.45, 2.75) is 19.4 Å². The lowest BCUT2D eigenvalue weighted by atomic mass is 10.00. The Balaban J connectivity index is 1.85. The number of H-pyrrole nitrogens is 1. The highest BCUT2D eigenvalue weighted by molar-refractivity contribution is 6.33. The van der Waals surface area contributed by atoms with E-state index in [1.807, 2.05) is 19.1 Å². The Morgan fingerprint density at radius 3 is 2.75 bits per heavy atom. The van der Waals surface area contributed by atoms with Gasteiger partial charge in [0.05, 0.1) is 35.6 Å². The van der Waals surface area contributed by atoms with E-state index in [0.717, 1.165) is 5.52 Å². The van der Waals surface area contributed by atoms with Crippen LogP contribution >= 0.6 is 0 Å². The zero-order valence-corrected chi connectivity index (χ0v) is 18.0. The Kier molecular flexibility index (Phi) is 5.84. The number of rotatable bonds is 7. The second-order valence-corrected chi connectivity index (χ2v) is 7.11. The Hall–Kier alpha value is -4.21. The van der Waals surface area contributed by atoms with Gasteiger partial charge in [0.15, 0.2) is 0 Å². The molecule has 0 bridgehead atoms. The van der Waals surface area contributed by atoms with E-state index in [1.165, 1.54) is 0 Å². The normalized spacial score (nSPS) is 16.3. The number of amides is 1. The molecule has 32 heavy (non-hydrogen) atoms. The van der Waals surface area contributed by atoms with Gasteiger partial charge in [-0.05, 0) is 24.6 Å². The number of hydrogen-bond donors (Lipinski definition) is 5. The third kappa shape index (κ3) is 3.89. The SMILES string of the molecule is CCC(NC1=C(c2nc3ccc(OC)cc3[nH]2)C(=O)N/C(=C/NC)C1=N)c1ncccn1. The summed E-state index contributed by atoms with van der Waals surface area (Å²) in [7, 11) is 3.29. The molecule has 1 aliphatic heterocycles. The summed E-state index contributed by atoms with van der Waals surface area (Å²) >= 11 is 0. The van der Waals surface area contributed by atoms with Gasteiger partial charge in [0.2, 0.25) is 0 Å². The van der Waals surface area contributed by atoms with Gasteiger partial charge in [0.1, 0.15) is 28.7 Å². The zero-order valence-electron chi connectivity index (χ0n) is 18.0. The van der Waals surface area contributed by atoms with E-state index in [-0.39, 0.29) is 23.2 Å². The molecule has 10 nitrogen and oxygen atoms in total. The van der Waals surface area contributed by atoms with E-state index in [1.54, 1.807) is 44.9 Å². The number of benzene rings is 1. The maximum Gasteiger partial charge on any atom is 0.261 e. The van der Waals surface area contributed by atoms with E-state index in [0.29, 0.717) is 40.7 Å². The van der Waals surface area contributed by atoms with E-state index < -0.39 is 0 Å². The molecule has 0 aliphatic carbocycles. The van der Waals surface area contributed by atoms with Crippen molar-refractivity contribution >= 4 is 28.2 Å². The molecule has 1 aromatic carbocycles. The number of hydrogen-bond acceptors (Lipinski definition) is 8. The quantitative estimate of drug-likeness (QED) is 0.385. The third-order valence-electron chi connectivity index (χ3n) is 5.08. The summed E-state index contributed by atoms with van der Waals surface area (Å²) in [4.78, 5) is 29.6. The maximum atomic E-state index is 13.2. The van der Waals surface area contributed by atoms with Gasteiger partial charge >= 0.3 is 0 Å². The van der Waals surface area contributed by atoms with Crippen molar-refractivity contribution in [3.63, 3.8) is 0 Å². The molecule has 1 unspecified atom stereocenters. The minimum atomic E-state index is -0.375. The number of ether oxygens (including phenoxy) is 1. The van der Waals surface area contributed by atoms with Crippen LogP contribution < -0.4 is 20.7 Å². The summed E-state index contributed by atoms with van der Waals surface area (Å²) in [5.41, 5.74) is 2.47. The zero-order chi connectivity index (χ0) is 22.7. The molecule has 0 spiro atoms. The summed E-state index contributed by atoms with van der Waals surface area (Å²) in [5.74, 6) is 1.23. The molecular formula is C22H24N8O2. The Morgan fingerprint density at radius 2 is 2.06 bits per heavy atom. The van der Waals surface area contributed by atoms with Crippen LogP contribution in [0.25, 0.3) is 16.6 Å². The summed E-state index contributed by atoms with van der Waals surface area (Å²) in [6.45, 7) is 1.98. The van der Waals surface area contributed by atoms with Crippen molar-refractivity contribution in [3.8, 4) is 5.75 Å². The highest BCUT2D eigenvalue weighted by Crippen LogP contribution is 2.28. The van der Waals surface area contributed by atoms with Crippen LogP contribution in [-0.2, 0) is 4.79 Å². The number of imidazole rings is 1. The second kappa shape index (κ2) is 8.88. The van der Waals surface area contributed by atoms with Gasteiger partial charge in [-0.2, -0.15) is 0 Å². The lowest BCUT2D eigenvalue weighted by molar-refractivity contribution is -0.115. The first kappa shape index (κ1) is 21.0. The Bertz CT molecular complexity index is 1230. The molecule has 1 aliphatic rings. The van der Waals surface area contributed by atoms with Crippen molar-refractivity contribution in [1.82, 2.24) is 35.9 Å². The summed E-state index contributed by atoms with van der Waals surface area (Å²) in [5, 5.41) is 17.7. The fraction of sp³-hybridized carbons (Fsp3) is 0.227. The first-order valence-electron chi connectivity index (χ1n) is 10.2. The van der Waals surface area contributed by atoms with Gasteiger partial charge in [0.25, 0.3) is 5.91 Å². The number of fused-ring (bicyclic) bond motifs is 1. The Morgan fingerprint density at radius 1 is 1.28 bits per heavy atom. The van der Waals surface area contributed by atoms with Crippen LogP contribution in [0, 0.1) is 5.41 Å². The van der Waals surface area contributed by atoms with Gasteiger partial charge in [-0.25, -0.2) is 15.0 Å². The fourth-order valence-electron chi connectivity index (χ4n) is 3.49. The molecule has 0 fully saturated rings. The minimum absolute atomic E-state index is 0.126. The first-order chi connectivity index (χ1) is 15.5. The van der Waals surface area contributed by atoms with Crippen LogP contribution in [0.15, 0.2) is 54.3 Å². The third-order valence-corrected chi connectivity index (χ3v) is 5.08. The van der Waals surface area contributed by atoms with Crippen LogP contribution in [0.3, 0.4) is 0 Å². The van der Waals surface area contributed by atoms with E-state index in [4.69, 9.17) is 10.1 Å². The van der Waals surface area contributed by atoms with Crippen molar-refractivity contribution in [2.24, 2.45) is 0 Å². The van der Waals surface area contributed by atoms with Gasteiger partial charge in [0, 0.05) is 31.7 Å². The highest BCUT2D eigenvalue weighted by Gasteiger charge is 2.32. The Labute approximate surface area is 184 Å². The van der Waals surface area contributed by atoms with Gasteiger partial charge in [-0.15, -0.1) is 0 Å². The van der Waals surface area contributed by atoms with Gasteiger partial charge in [-0.1, -0.05) is 6.92 Å². The van der Waals surface area contributed by atoms with Crippen LogP contribution in [0.1, 0.15) is 31.0 Å². The lowest BCUT2D eigenvalue weighted by Gasteiger charge is -2.27. The minimum Gasteiger partial charge on any atom is -0.497 e. The molecule has 164 valence electrons. The van der Waals surface area contributed by atoms with E-state index in [9.17, 15) is 4.79 Å². The molecule has 5 N–H and O–H groups in total. The molecular weight excluding hydrogens is 408 g/mol. The number of aromatic amines is 1. The molecule has 10 heteroatoms. The van der Waals surface area contributed by atoms with Crippen molar-refractivity contribution in [3.05, 3.63) is 65.9 Å². The van der Waals surface area contributed by atoms with E-state index in [2.05, 4.69) is 35.9 Å². The molecule has 4 rings (SSSR count). The van der Waals surface area contributed by atoms with Crippen LogP contribution in [0.5, 0.6) is 5.75 Å². The van der Waals surface area contributed by atoms with Crippen molar-refractivity contribution in [2.75, 3.05) is 14.2 Å². The second-order valence-electron chi connectivity index (χ2n) is 7.11. The monoisotopic (exact) mass is 432 g/mol. The number of aromatic nitrogens is 4. The molecule has 0 saturated heterocycles. The lowest BCUT2D eigenvalue weighted by Crippen LogP contribution is -2.41. The van der Waals surface area contributed by atoms with Crippen molar-refractivity contribution in [1.29, 1.82) is 5.41 Å². The smallest absolute Gasteiger partial charge is 0.261 e. The predicted molar refractivity (Wildman–Crippen MR) is 121 cm³/mol. The van der Waals surface area contributed by atoms with Crippen LogP contribution in [0.4, 0.5) is 0 Å². The van der Waals surface area contributed by atoms with E-state index >= 15 is 0 Å². The fourth-order valence-corrected chi connectivity index (χ4v) is 3.49. The summed E-state index contributed by atoms with van der Waals surface area (Å²) < 4.78 is 5.28. The molecule has 1 amide bonds. The van der Waals surface area contributed by atoms with Crippen LogP contribution in [-0.4, -0.2) is 45.7 Å². The summed E-state index contributed by atoms with van der Waals surface area (Å²) in [6, 6.07) is 6.87. The van der Waals surface area contributed by atoms with Crippen LogP contribution in [0.2, 0.25) is 0 Å². The number of carbonyl (C=O) groups is 1. The topological polar surface area (TPSA) is 141 Å². The molecule has 1 atom stereocenters. The highest BCUT2D eigenvalue weighted by atomic mass is 16.5. The summed E-state index contributed by atoms with van der Waals surface area (Å²) in [6.07, 6.45) is 5.56. The van der Waals surface area contributed by atoms with Gasteiger partial charge in [-0.3, -0.25) is 10.2 Å². The predicted octanol–water partition coefficient (Wildman–Crippen LogP) is 2.02. The molecule has 2 aromatic heterocycles. The van der Waals surface area contributed by atoms with Gasteiger partial charge < -0.3 is 25.7 Å². The molecule has 0 saturated carbocycles.